The van der Waals surface area contributed by atoms with Gasteiger partial charge in [-0.25, -0.2) is 0 Å². The fraction of sp³-hybridized carbons (Fsp3) is 0.278. The van der Waals surface area contributed by atoms with E-state index in [1.165, 1.54) is 7.11 Å². The second kappa shape index (κ2) is 6.81. The van der Waals surface area contributed by atoms with E-state index < -0.39 is 0 Å². The average molecular weight is 306 g/mol. The molecule has 1 aromatic rings. The van der Waals surface area contributed by atoms with Crippen molar-refractivity contribution >= 4 is 5.71 Å². The van der Waals surface area contributed by atoms with E-state index in [0.717, 1.165) is 28.2 Å². The quantitative estimate of drug-likeness (QED) is 0.686. The van der Waals surface area contributed by atoms with Crippen LogP contribution in [0.4, 0.5) is 0 Å². The summed E-state index contributed by atoms with van der Waals surface area (Å²) >= 11 is 0. The molecule has 1 aliphatic heterocycles. The molecule has 1 aromatic carbocycles. The van der Waals surface area contributed by atoms with Crippen molar-refractivity contribution in [2.75, 3.05) is 7.11 Å². The van der Waals surface area contributed by atoms with Gasteiger partial charge >= 0.3 is 0 Å². The van der Waals surface area contributed by atoms with E-state index in [0.29, 0.717) is 11.1 Å². The molecule has 0 saturated carbocycles. The third-order valence-corrected chi connectivity index (χ3v) is 3.87. The van der Waals surface area contributed by atoms with Crippen molar-refractivity contribution in [1.29, 1.82) is 10.5 Å². The van der Waals surface area contributed by atoms with E-state index in [4.69, 9.17) is 4.84 Å². The summed E-state index contributed by atoms with van der Waals surface area (Å²) in [7, 11) is 1.50. The Hall–Kier alpha value is -3.05. The Morgan fingerprint density at radius 3 is 2.30 bits per heavy atom. The Bertz CT molecular complexity index is 767. The maximum Gasteiger partial charge on any atom is 0.106 e. The molecular formula is C18H18N4O. The molecule has 0 amide bonds. The van der Waals surface area contributed by atoms with E-state index in [1.807, 2.05) is 45.0 Å². The predicted octanol–water partition coefficient (Wildman–Crippen LogP) is 3.34. The van der Waals surface area contributed by atoms with Crippen LogP contribution in [0, 0.1) is 22.7 Å². The van der Waals surface area contributed by atoms with Gasteiger partial charge in [-0.15, -0.1) is 0 Å². The number of hydrogen-bond acceptors (Lipinski definition) is 5. The summed E-state index contributed by atoms with van der Waals surface area (Å²) in [5.41, 5.74) is 5.20. The Balaban J connectivity index is 2.61. The summed E-state index contributed by atoms with van der Waals surface area (Å²) in [6.45, 7) is 5.55. The molecule has 5 heteroatoms. The van der Waals surface area contributed by atoms with Crippen LogP contribution in [-0.4, -0.2) is 12.8 Å². The molecule has 0 aromatic heterocycles. The fourth-order valence-corrected chi connectivity index (χ4v) is 2.76. The first kappa shape index (κ1) is 16.3. The Morgan fingerprint density at radius 2 is 1.78 bits per heavy atom. The molecule has 0 spiro atoms. The van der Waals surface area contributed by atoms with Gasteiger partial charge in [-0.3, -0.25) is 0 Å². The van der Waals surface area contributed by atoms with Gasteiger partial charge in [0.2, 0.25) is 0 Å². The number of nitriles is 2. The smallest absolute Gasteiger partial charge is 0.106 e. The molecule has 116 valence electrons. The van der Waals surface area contributed by atoms with Crippen molar-refractivity contribution in [3.05, 3.63) is 57.9 Å². The zero-order valence-corrected chi connectivity index (χ0v) is 13.6. The van der Waals surface area contributed by atoms with Gasteiger partial charge < -0.3 is 10.2 Å². The fourth-order valence-electron chi connectivity index (χ4n) is 2.76. The van der Waals surface area contributed by atoms with Crippen LogP contribution in [-0.2, 0) is 4.84 Å². The molecule has 2 rings (SSSR count). The van der Waals surface area contributed by atoms with E-state index in [1.54, 1.807) is 0 Å². The number of benzene rings is 1. The van der Waals surface area contributed by atoms with Crippen molar-refractivity contribution < 1.29 is 4.84 Å². The van der Waals surface area contributed by atoms with Crippen molar-refractivity contribution in [3.8, 4) is 12.1 Å². The summed E-state index contributed by atoms with van der Waals surface area (Å²) in [4.78, 5) is 4.82. The van der Waals surface area contributed by atoms with Crippen molar-refractivity contribution in [2.24, 2.45) is 5.16 Å². The largest absolute Gasteiger partial charge is 0.399 e. The minimum atomic E-state index is -0.360. The van der Waals surface area contributed by atoms with Gasteiger partial charge in [0.05, 0.1) is 34.9 Å². The highest BCUT2D eigenvalue weighted by Gasteiger charge is 2.29. The Labute approximate surface area is 136 Å². The van der Waals surface area contributed by atoms with Gasteiger partial charge in [0.25, 0.3) is 0 Å². The second-order valence-electron chi connectivity index (χ2n) is 5.34. The monoisotopic (exact) mass is 306 g/mol. The van der Waals surface area contributed by atoms with Crippen molar-refractivity contribution in [2.45, 2.75) is 26.7 Å². The number of nitrogens with one attached hydrogen (secondary N) is 1. The van der Waals surface area contributed by atoms with Crippen molar-refractivity contribution in [1.82, 2.24) is 5.32 Å². The van der Waals surface area contributed by atoms with Gasteiger partial charge in [-0.05, 0) is 38.0 Å². The minimum Gasteiger partial charge on any atom is -0.399 e. The van der Waals surface area contributed by atoms with E-state index in [-0.39, 0.29) is 5.92 Å². The molecule has 0 aliphatic carbocycles. The predicted molar refractivity (Wildman–Crippen MR) is 88.2 cm³/mol. The summed E-state index contributed by atoms with van der Waals surface area (Å²) in [6.07, 6.45) is 0. The summed E-state index contributed by atoms with van der Waals surface area (Å²) < 4.78 is 0. The topological polar surface area (TPSA) is 81.2 Å². The first-order valence-corrected chi connectivity index (χ1v) is 7.20. The molecule has 1 N–H and O–H groups in total. The number of allylic oxidation sites excluding steroid dienone is 4. The van der Waals surface area contributed by atoms with Crippen LogP contribution in [0.2, 0.25) is 0 Å². The summed E-state index contributed by atoms with van der Waals surface area (Å²) in [6, 6.07) is 12.2. The highest BCUT2D eigenvalue weighted by atomic mass is 16.6. The molecule has 1 aliphatic rings. The zero-order valence-electron chi connectivity index (χ0n) is 13.6. The van der Waals surface area contributed by atoms with Crippen molar-refractivity contribution in [3.63, 3.8) is 0 Å². The van der Waals surface area contributed by atoms with Gasteiger partial charge in [-0.2, -0.15) is 10.5 Å². The lowest BCUT2D eigenvalue weighted by Crippen LogP contribution is -2.23. The van der Waals surface area contributed by atoms with E-state index >= 15 is 0 Å². The number of rotatable bonds is 3. The minimum absolute atomic E-state index is 0.360. The molecule has 23 heavy (non-hydrogen) atoms. The Kier molecular flexibility index (Phi) is 4.83. The maximum atomic E-state index is 9.53. The van der Waals surface area contributed by atoms with Gasteiger partial charge in [-0.1, -0.05) is 23.4 Å². The third-order valence-electron chi connectivity index (χ3n) is 3.87. The first-order chi connectivity index (χ1) is 11.0. The van der Waals surface area contributed by atoms with Crippen LogP contribution in [0.3, 0.4) is 0 Å². The third kappa shape index (κ3) is 3.09. The van der Waals surface area contributed by atoms with Gasteiger partial charge in [0, 0.05) is 11.4 Å². The van der Waals surface area contributed by atoms with Crippen LogP contribution in [0.5, 0.6) is 0 Å². The SMILES string of the molecule is CO/N=C(\C)c1cccc(C2C(C#N)=C(C)NC(C)=C2C#N)c1. The van der Waals surface area contributed by atoms with Gasteiger partial charge in [0.15, 0.2) is 0 Å². The highest BCUT2D eigenvalue weighted by molar-refractivity contribution is 5.98. The highest BCUT2D eigenvalue weighted by Crippen LogP contribution is 2.37. The lowest BCUT2D eigenvalue weighted by atomic mass is 9.81. The zero-order chi connectivity index (χ0) is 17.0. The summed E-state index contributed by atoms with van der Waals surface area (Å²) in [5.74, 6) is -0.360. The molecule has 0 atom stereocenters. The lowest BCUT2D eigenvalue weighted by molar-refractivity contribution is 0.213. The van der Waals surface area contributed by atoms with Crippen LogP contribution >= 0.6 is 0 Å². The molecule has 0 radical (unpaired) electrons. The first-order valence-electron chi connectivity index (χ1n) is 7.20. The standard InChI is InChI=1S/C18H18N4O/c1-11(22-23-4)14-6-5-7-15(8-14)18-16(9-19)12(2)21-13(3)17(18)10-20/h5-8,18,21H,1-4H3/b22-11+. The number of nitrogens with zero attached hydrogens (tertiary/aromatic N) is 3. The molecule has 0 fully saturated rings. The molecule has 1 heterocycles. The summed E-state index contributed by atoms with van der Waals surface area (Å²) in [5, 5.41) is 26.1. The number of hydrogen-bond donors (Lipinski definition) is 1. The van der Waals surface area contributed by atoms with Gasteiger partial charge in [0.1, 0.15) is 7.11 Å². The van der Waals surface area contributed by atoms with Crippen LogP contribution in [0.1, 0.15) is 37.8 Å². The molecule has 0 bridgehead atoms. The van der Waals surface area contributed by atoms with E-state index in [9.17, 15) is 10.5 Å². The maximum absolute atomic E-state index is 9.53. The van der Waals surface area contributed by atoms with E-state index in [2.05, 4.69) is 22.6 Å². The van der Waals surface area contributed by atoms with Crippen LogP contribution < -0.4 is 5.32 Å². The van der Waals surface area contributed by atoms with Crippen LogP contribution in [0.25, 0.3) is 0 Å². The molecule has 0 saturated heterocycles. The molecule has 5 nitrogen and oxygen atoms in total. The number of dihydropyridines is 1. The lowest BCUT2D eigenvalue weighted by Gasteiger charge is -2.26. The average Bonchev–Trinajstić information content (AvgIpc) is 2.54. The Morgan fingerprint density at radius 1 is 1.17 bits per heavy atom. The molecule has 0 unspecified atom stereocenters. The molecular weight excluding hydrogens is 288 g/mol. The number of oxime groups is 1. The second-order valence-corrected chi connectivity index (χ2v) is 5.34. The van der Waals surface area contributed by atoms with Crippen LogP contribution in [0.15, 0.2) is 52.0 Å². The normalized spacial score (nSPS) is 15.8.